The first-order chi connectivity index (χ1) is 9.13. The minimum Gasteiger partial charge on any atom is -0.329 e. The predicted octanol–water partition coefficient (Wildman–Crippen LogP) is 2.14. The summed E-state index contributed by atoms with van der Waals surface area (Å²) in [5, 5.41) is 8.74. The third kappa shape index (κ3) is 2.82. The van der Waals surface area contributed by atoms with Crippen LogP contribution in [0.5, 0.6) is 0 Å². The quantitative estimate of drug-likeness (QED) is 0.814. The molecule has 0 saturated carbocycles. The van der Waals surface area contributed by atoms with Crippen LogP contribution in [0.3, 0.4) is 0 Å². The summed E-state index contributed by atoms with van der Waals surface area (Å²) in [6.07, 6.45) is 2.67. The SMILES string of the molecule is CC(=O)[C@H]1CCCCN1C(=O)c1ccc(C#N)cc1. The number of nitrogens with zero attached hydrogens (tertiary/aromatic N) is 2. The molecule has 1 aromatic rings. The Morgan fingerprint density at radius 2 is 1.95 bits per heavy atom. The highest BCUT2D eigenvalue weighted by Crippen LogP contribution is 2.20. The molecule has 98 valence electrons. The van der Waals surface area contributed by atoms with E-state index in [1.165, 1.54) is 6.92 Å². The predicted molar refractivity (Wildman–Crippen MR) is 70.5 cm³/mol. The van der Waals surface area contributed by atoms with Gasteiger partial charge in [-0.25, -0.2) is 0 Å². The van der Waals surface area contributed by atoms with Gasteiger partial charge in [-0.05, 0) is 50.5 Å². The molecule has 0 aliphatic carbocycles. The van der Waals surface area contributed by atoms with Crippen LogP contribution in [0, 0.1) is 11.3 Å². The van der Waals surface area contributed by atoms with Crippen molar-refractivity contribution in [2.24, 2.45) is 0 Å². The molecule has 1 aliphatic rings. The Kier molecular flexibility index (Phi) is 3.96. The summed E-state index contributed by atoms with van der Waals surface area (Å²) in [6, 6.07) is 8.27. The number of carbonyl (C=O) groups excluding carboxylic acids is 2. The molecule has 4 nitrogen and oxygen atoms in total. The maximum absolute atomic E-state index is 12.4. The Bertz CT molecular complexity index is 528. The monoisotopic (exact) mass is 256 g/mol. The number of rotatable bonds is 2. The second-order valence-corrected chi connectivity index (χ2v) is 4.81. The van der Waals surface area contributed by atoms with E-state index in [-0.39, 0.29) is 17.7 Å². The molecule has 1 aliphatic heterocycles. The van der Waals surface area contributed by atoms with E-state index in [4.69, 9.17) is 5.26 Å². The second kappa shape index (κ2) is 5.66. The van der Waals surface area contributed by atoms with Gasteiger partial charge in [-0.15, -0.1) is 0 Å². The van der Waals surface area contributed by atoms with Crippen LogP contribution in [0.25, 0.3) is 0 Å². The zero-order chi connectivity index (χ0) is 13.8. The van der Waals surface area contributed by atoms with E-state index in [9.17, 15) is 9.59 Å². The molecule has 19 heavy (non-hydrogen) atoms. The summed E-state index contributed by atoms with van der Waals surface area (Å²) in [5.41, 5.74) is 1.06. The standard InChI is InChI=1S/C15H16N2O2/c1-11(18)14-4-2-3-9-17(14)15(19)13-7-5-12(10-16)6-8-13/h5-8,14H,2-4,9H2,1H3/t14-/m1/s1. The van der Waals surface area contributed by atoms with Crippen LogP contribution in [-0.4, -0.2) is 29.2 Å². The molecule has 0 bridgehead atoms. The van der Waals surface area contributed by atoms with Crippen LogP contribution in [0.15, 0.2) is 24.3 Å². The summed E-state index contributed by atoms with van der Waals surface area (Å²) in [5.74, 6) is -0.0777. The van der Waals surface area contributed by atoms with Crippen molar-refractivity contribution in [3.05, 3.63) is 35.4 Å². The fraction of sp³-hybridized carbons (Fsp3) is 0.400. The van der Waals surface area contributed by atoms with Crippen molar-refractivity contribution in [2.75, 3.05) is 6.54 Å². The number of Topliss-reactive ketones (excluding diaryl/α,β-unsaturated/α-hetero) is 1. The molecule has 0 unspecified atom stereocenters. The molecule has 1 aromatic carbocycles. The summed E-state index contributed by atoms with van der Waals surface area (Å²) in [4.78, 5) is 25.7. The van der Waals surface area contributed by atoms with Crippen molar-refractivity contribution >= 4 is 11.7 Å². The summed E-state index contributed by atoms with van der Waals surface area (Å²) in [7, 11) is 0. The average molecular weight is 256 g/mol. The highest BCUT2D eigenvalue weighted by atomic mass is 16.2. The summed E-state index contributed by atoms with van der Waals surface area (Å²) >= 11 is 0. The van der Waals surface area contributed by atoms with Gasteiger partial charge in [0.2, 0.25) is 0 Å². The molecule has 2 rings (SSSR count). The van der Waals surface area contributed by atoms with Crippen LogP contribution < -0.4 is 0 Å². The van der Waals surface area contributed by atoms with Gasteiger partial charge in [0.15, 0.2) is 5.78 Å². The third-order valence-electron chi connectivity index (χ3n) is 3.49. The average Bonchev–Trinajstić information content (AvgIpc) is 2.46. The molecule has 1 heterocycles. The van der Waals surface area contributed by atoms with Crippen molar-refractivity contribution in [3.8, 4) is 6.07 Å². The highest BCUT2D eigenvalue weighted by molar-refractivity contribution is 5.97. The number of benzene rings is 1. The zero-order valence-corrected chi connectivity index (χ0v) is 10.9. The van der Waals surface area contributed by atoms with Gasteiger partial charge in [0.05, 0.1) is 17.7 Å². The Morgan fingerprint density at radius 1 is 1.26 bits per heavy atom. The van der Waals surface area contributed by atoms with Crippen LogP contribution in [0.1, 0.15) is 42.1 Å². The summed E-state index contributed by atoms with van der Waals surface area (Å²) < 4.78 is 0. The third-order valence-corrected chi connectivity index (χ3v) is 3.49. The fourth-order valence-electron chi connectivity index (χ4n) is 2.45. The molecular formula is C15H16N2O2. The van der Waals surface area contributed by atoms with Crippen molar-refractivity contribution in [3.63, 3.8) is 0 Å². The van der Waals surface area contributed by atoms with E-state index in [0.29, 0.717) is 17.7 Å². The number of ketones is 1. The summed E-state index contributed by atoms with van der Waals surface area (Å²) in [6.45, 7) is 2.16. The molecule has 4 heteroatoms. The van der Waals surface area contributed by atoms with Gasteiger partial charge in [0.25, 0.3) is 5.91 Å². The highest BCUT2D eigenvalue weighted by Gasteiger charge is 2.30. The Labute approximate surface area is 112 Å². The van der Waals surface area contributed by atoms with Gasteiger partial charge >= 0.3 is 0 Å². The van der Waals surface area contributed by atoms with E-state index in [1.807, 2.05) is 6.07 Å². The van der Waals surface area contributed by atoms with E-state index >= 15 is 0 Å². The van der Waals surface area contributed by atoms with Gasteiger partial charge in [0.1, 0.15) is 0 Å². The van der Waals surface area contributed by atoms with Gasteiger partial charge < -0.3 is 4.90 Å². The Morgan fingerprint density at radius 3 is 2.53 bits per heavy atom. The molecule has 0 spiro atoms. The van der Waals surface area contributed by atoms with Gasteiger partial charge in [-0.3, -0.25) is 9.59 Å². The van der Waals surface area contributed by atoms with E-state index in [2.05, 4.69) is 0 Å². The zero-order valence-electron chi connectivity index (χ0n) is 10.9. The lowest BCUT2D eigenvalue weighted by atomic mass is 9.98. The molecule has 0 aromatic heterocycles. The van der Waals surface area contributed by atoms with Gasteiger partial charge in [-0.2, -0.15) is 5.26 Å². The first-order valence-electron chi connectivity index (χ1n) is 6.45. The van der Waals surface area contributed by atoms with Crippen molar-refractivity contribution in [1.82, 2.24) is 4.90 Å². The maximum Gasteiger partial charge on any atom is 0.254 e. The van der Waals surface area contributed by atoms with Gasteiger partial charge in [-0.1, -0.05) is 0 Å². The Hall–Kier alpha value is -2.15. The topological polar surface area (TPSA) is 61.2 Å². The number of amides is 1. The first kappa shape index (κ1) is 13.3. The van der Waals surface area contributed by atoms with Crippen LogP contribution >= 0.6 is 0 Å². The minimum atomic E-state index is -0.295. The molecule has 1 amide bonds. The molecule has 1 atom stereocenters. The normalized spacial score (nSPS) is 18.7. The number of piperidine rings is 1. The van der Waals surface area contributed by atoms with E-state index in [1.54, 1.807) is 29.2 Å². The lowest BCUT2D eigenvalue weighted by Crippen LogP contribution is -2.47. The van der Waals surface area contributed by atoms with E-state index < -0.39 is 0 Å². The molecule has 0 radical (unpaired) electrons. The molecule has 1 fully saturated rings. The molecule has 1 saturated heterocycles. The molecule has 0 N–H and O–H groups in total. The second-order valence-electron chi connectivity index (χ2n) is 4.81. The minimum absolute atomic E-state index is 0.0432. The smallest absolute Gasteiger partial charge is 0.254 e. The van der Waals surface area contributed by atoms with Gasteiger partial charge in [0, 0.05) is 12.1 Å². The number of nitriles is 1. The van der Waals surface area contributed by atoms with Crippen LogP contribution in [0.2, 0.25) is 0 Å². The number of likely N-dealkylation sites (tertiary alicyclic amines) is 1. The van der Waals surface area contributed by atoms with Crippen molar-refractivity contribution in [1.29, 1.82) is 5.26 Å². The van der Waals surface area contributed by atoms with Crippen molar-refractivity contribution in [2.45, 2.75) is 32.2 Å². The number of carbonyl (C=O) groups is 2. The first-order valence-corrected chi connectivity index (χ1v) is 6.45. The fourth-order valence-corrected chi connectivity index (χ4v) is 2.45. The lowest BCUT2D eigenvalue weighted by molar-refractivity contribution is -0.122. The lowest BCUT2D eigenvalue weighted by Gasteiger charge is -2.34. The van der Waals surface area contributed by atoms with Crippen molar-refractivity contribution < 1.29 is 9.59 Å². The van der Waals surface area contributed by atoms with E-state index in [0.717, 1.165) is 19.3 Å². The Balaban J connectivity index is 2.21. The largest absolute Gasteiger partial charge is 0.329 e. The number of hydrogen-bond donors (Lipinski definition) is 0. The molecular weight excluding hydrogens is 240 g/mol. The van der Waals surface area contributed by atoms with Crippen LogP contribution in [0.4, 0.5) is 0 Å². The number of hydrogen-bond acceptors (Lipinski definition) is 3. The van der Waals surface area contributed by atoms with Crippen LogP contribution in [-0.2, 0) is 4.79 Å². The maximum atomic E-state index is 12.4.